The van der Waals surface area contributed by atoms with E-state index in [2.05, 4.69) is 17.9 Å². The first-order valence-electron chi connectivity index (χ1n) is 12.8. The topological polar surface area (TPSA) is 58.8 Å². The summed E-state index contributed by atoms with van der Waals surface area (Å²) in [5, 5.41) is 0. The third-order valence-corrected chi connectivity index (χ3v) is 9.07. The van der Waals surface area contributed by atoms with Crippen LogP contribution in [0.4, 0.5) is 4.39 Å². The molecule has 2 aromatic rings. The van der Waals surface area contributed by atoms with Crippen LogP contribution in [-0.4, -0.2) is 67.2 Å². The smallest absolute Gasteiger partial charge is 0.264 e. The first-order valence-corrected chi connectivity index (χ1v) is 13.6. The van der Waals surface area contributed by atoms with Crippen LogP contribution in [0.25, 0.3) is 10.4 Å². The summed E-state index contributed by atoms with van der Waals surface area (Å²) in [6.07, 6.45) is 5.87. The van der Waals surface area contributed by atoms with Crippen LogP contribution in [0.2, 0.25) is 0 Å². The Hall–Kier alpha value is -1.80. The van der Waals surface area contributed by atoms with Crippen LogP contribution in [0.15, 0.2) is 24.3 Å². The highest BCUT2D eigenvalue weighted by Crippen LogP contribution is 2.37. The molecule has 1 amide bonds. The Bertz CT molecular complexity index is 1010. The lowest BCUT2D eigenvalue weighted by atomic mass is 9.87. The summed E-state index contributed by atoms with van der Waals surface area (Å²) in [5.41, 5.74) is 8.74. The number of amides is 1. The summed E-state index contributed by atoms with van der Waals surface area (Å²) in [7, 11) is 0. The fourth-order valence-electron chi connectivity index (χ4n) is 5.77. The van der Waals surface area contributed by atoms with E-state index in [9.17, 15) is 4.79 Å². The number of likely N-dealkylation sites (tertiary alicyclic amines) is 2. The van der Waals surface area contributed by atoms with Crippen LogP contribution in [0.3, 0.4) is 0 Å². The highest BCUT2D eigenvalue weighted by atomic mass is 32.1. The minimum atomic E-state index is -0.119. The van der Waals surface area contributed by atoms with Gasteiger partial charge in [0.2, 0.25) is 0 Å². The van der Waals surface area contributed by atoms with Crippen molar-refractivity contribution in [2.45, 2.75) is 63.5 Å². The van der Waals surface area contributed by atoms with E-state index in [4.69, 9.17) is 10.5 Å². The van der Waals surface area contributed by atoms with Gasteiger partial charge >= 0.3 is 0 Å². The van der Waals surface area contributed by atoms with E-state index in [1.54, 1.807) is 6.07 Å². The Morgan fingerprint density at radius 3 is 2.53 bits per heavy atom. The minimum Gasteiger partial charge on any atom is -0.381 e. The Morgan fingerprint density at radius 1 is 1.12 bits per heavy atom. The normalized spacial score (nSPS) is 23.0. The molecule has 0 spiro atoms. The van der Waals surface area contributed by atoms with Gasteiger partial charge in [0.25, 0.3) is 5.91 Å². The zero-order valence-corrected chi connectivity index (χ0v) is 20.9. The van der Waals surface area contributed by atoms with Gasteiger partial charge in [-0.3, -0.25) is 4.79 Å². The van der Waals surface area contributed by atoms with E-state index in [-0.39, 0.29) is 23.7 Å². The fraction of sp³-hybridized carbons (Fsp3) is 0.593. The number of rotatable bonds is 5. The molecule has 3 aliphatic rings. The number of nitrogens with two attached hydrogens (primary N) is 1. The van der Waals surface area contributed by atoms with Crippen molar-refractivity contribution >= 4 is 17.2 Å². The van der Waals surface area contributed by atoms with Gasteiger partial charge in [-0.25, -0.2) is 4.39 Å². The van der Waals surface area contributed by atoms with Crippen LogP contribution in [0.1, 0.15) is 65.7 Å². The van der Waals surface area contributed by atoms with Crippen LogP contribution in [0.5, 0.6) is 0 Å². The average Bonchev–Trinajstić information content (AvgIpc) is 3.51. The van der Waals surface area contributed by atoms with Crippen molar-refractivity contribution in [3.05, 3.63) is 46.1 Å². The number of hydrogen-bond donors (Lipinski definition) is 1. The van der Waals surface area contributed by atoms with Gasteiger partial charge in [0.15, 0.2) is 0 Å². The first kappa shape index (κ1) is 23.9. The van der Waals surface area contributed by atoms with Crippen molar-refractivity contribution in [3.8, 4) is 10.4 Å². The summed E-state index contributed by atoms with van der Waals surface area (Å²) < 4.78 is 20.8. The zero-order valence-electron chi connectivity index (χ0n) is 20.1. The SMILES string of the molecule is CCc1cc(-c2ccc(C3CCN(C4CCOCC4)CC3)c(F)c2)sc1C(=O)N1CC[C@H](N)C1. The van der Waals surface area contributed by atoms with Crippen LogP contribution in [0, 0.1) is 5.82 Å². The molecule has 184 valence electrons. The number of aryl methyl sites for hydroxylation is 1. The van der Waals surface area contributed by atoms with E-state index >= 15 is 4.39 Å². The number of hydrogen-bond acceptors (Lipinski definition) is 5. The highest BCUT2D eigenvalue weighted by Gasteiger charge is 2.29. The number of piperidine rings is 1. The Balaban J connectivity index is 1.28. The molecule has 1 aromatic carbocycles. The molecule has 5 nitrogen and oxygen atoms in total. The maximum absolute atomic E-state index is 15.3. The van der Waals surface area contributed by atoms with Crippen molar-refractivity contribution in [2.24, 2.45) is 5.73 Å². The molecule has 0 aliphatic carbocycles. The highest BCUT2D eigenvalue weighted by molar-refractivity contribution is 7.17. The minimum absolute atomic E-state index is 0.0643. The number of carbonyl (C=O) groups excluding carboxylic acids is 1. The largest absolute Gasteiger partial charge is 0.381 e. The third kappa shape index (κ3) is 4.94. The fourth-order valence-corrected chi connectivity index (χ4v) is 6.98. The van der Waals surface area contributed by atoms with E-state index < -0.39 is 0 Å². The van der Waals surface area contributed by atoms with Crippen LogP contribution < -0.4 is 5.73 Å². The summed E-state index contributed by atoms with van der Waals surface area (Å²) in [6, 6.07) is 8.45. The molecule has 7 heteroatoms. The molecule has 3 saturated heterocycles. The van der Waals surface area contributed by atoms with E-state index in [1.165, 1.54) is 11.3 Å². The maximum Gasteiger partial charge on any atom is 0.264 e. The summed E-state index contributed by atoms with van der Waals surface area (Å²) in [6.45, 7) is 7.19. The average molecular weight is 486 g/mol. The lowest BCUT2D eigenvalue weighted by Crippen LogP contribution is -2.43. The molecule has 0 radical (unpaired) electrons. The summed E-state index contributed by atoms with van der Waals surface area (Å²) in [5.74, 6) is 0.220. The van der Waals surface area contributed by atoms with Crippen LogP contribution in [-0.2, 0) is 11.2 Å². The molecule has 3 aliphatic heterocycles. The van der Waals surface area contributed by atoms with Gasteiger partial charge in [-0.15, -0.1) is 11.3 Å². The van der Waals surface area contributed by atoms with Crippen LogP contribution >= 0.6 is 11.3 Å². The second kappa shape index (κ2) is 10.4. The second-order valence-electron chi connectivity index (χ2n) is 10.0. The number of benzene rings is 1. The van der Waals surface area contributed by atoms with E-state index in [0.717, 1.165) is 91.3 Å². The molecule has 3 fully saturated rings. The molecular weight excluding hydrogens is 449 g/mol. The van der Waals surface area contributed by atoms with E-state index in [0.29, 0.717) is 19.1 Å². The van der Waals surface area contributed by atoms with Gasteiger partial charge < -0.3 is 20.3 Å². The molecule has 1 atom stereocenters. The number of carbonyl (C=O) groups is 1. The second-order valence-corrected chi connectivity index (χ2v) is 11.1. The van der Waals surface area contributed by atoms with Crippen molar-refractivity contribution in [1.82, 2.24) is 9.80 Å². The lowest BCUT2D eigenvalue weighted by molar-refractivity contribution is 0.0250. The molecule has 0 saturated carbocycles. The van der Waals surface area contributed by atoms with Gasteiger partial charge in [0.05, 0.1) is 4.88 Å². The standard InChI is InChI=1S/C27H36FN3O2S/c1-2-18-16-25(34-26(18)27(32)31-12-7-21(29)17-31)20-3-4-23(24(28)15-20)19-5-10-30(11-6-19)22-8-13-33-14-9-22/h3-4,15-16,19,21-22H,2,5-14,17,29H2,1H3/t21-/m0/s1. The number of thiophene rings is 1. The van der Waals surface area contributed by atoms with Gasteiger partial charge in [0.1, 0.15) is 5.82 Å². The predicted octanol–water partition coefficient (Wildman–Crippen LogP) is 4.65. The van der Waals surface area contributed by atoms with Crippen molar-refractivity contribution in [3.63, 3.8) is 0 Å². The van der Waals surface area contributed by atoms with Gasteiger partial charge in [0, 0.05) is 43.3 Å². The summed E-state index contributed by atoms with van der Waals surface area (Å²) in [4.78, 5) is 19.3. The van der Waals surface area contributed by atoms with Gasteiger partial charge in [-0.1, -0.05) is 19.1 Å². The molecule has 4 heterocycles. The predicted molar refractivity (Wildman–Crippen MR) is 135 cm³/mol. The van der Waals surface area contributed by atoms with Crippen molar-refractivity contribution in [1.29, 1.82) is 0 Å². The Kier molecular flexibility index (Phi) is 7.35. The monoisotopic (exact) mass is 485 g/mol. The van der Waals surface area contributed by atoms with Gasteiger partial charge in [-0.2, -0.15) is 0 Å². The molecular formula is C27H36FN3O2S. The Labute approximate surface area is 206 Å². The van der Waals surface area contributed by atoms with E-state index in [1.807, 2.05) is 17.0 Å². The Morgan fingerprint density at radius 2 is 1.88 bits per heavy atom. The third-order valence-electron chi connectivity index (χ3n) is 7.86. The molecule has 0 unspecified atom stereocenters. The van der Waals surface area contributed by atoms with Gasteiger partial charge in [-0.05, 0) is 86.4 Å². The maximum atomic E-state index is 15.3. The number of ether oxygens (including phenoxy) is 1. The number of nitrogens with zero attached hydrogens (tertiary/aromatic N) is 2. The number of halogens is 1. The van der Waals surface area contributed by atoms with Crippen molar-refractivity contribution in [2.75, 3.05) is 39.4 Å². The first-order chi connectivity index (χ1) is 16.5. The molecule has 0 bridgehead atoms. The summed E-state index contributed by atoms with van der Waals surface area (Å²) >= 11 is 1.48. The quantitative estimate of drug-likeness (QED) is 0.670. The molecule has 1 aromatic heterocycles. The van der Waals surface area contributed by atoms with Crippen molar-refractivity contribution < 1.29 is 13.9 Å². The molecule has 2 N–H and O–H groups in total. The zero-order chi connectivity index (χ0) is 23.7. The lowest BCUT2D eigenvalue weighted by Gasteiger charge is -2.39. The molecule has 5 rings (SSSR count). The molecule has 34 heavy (non-hydrogen) atoms.